The molecule has 1 aliphatic rings. The minimum absolute atomic E-state index is 0.270. The molecule has 1 aliphatic carbocycles. The summed E-state index contributed by atoms with van der Waals surface area (Å²) < 4.78 is 13.2. The van der Waals surface area contributed by atoms with Crippen molar-refractivity contribution < 1.29 is 18.8 Å². The second-order valence-electron chi connectivity index (χ2n) is 13.0. The van der Waals surface area contributed by atoms with Crippen molar-refractivity contribution in [2.24, 2.45) is 11.3 Å². The lowest BCUT2D eigenvalue weighted by Gasteiger charge is -2.45. The van der Waals surface area contributed by atoms with Gasteiger partial charge in [0.15, 0.2) is 0 Å². The van der Waals surface area contributed by atoms with Gasteiger partial charge in [0.1, 0.15) is 17.5 Å². The number of rotatable bonds is 8. The van der Waals surface area contributed by atoms with Crippen molar-refractivity contribution >= 4 is 30.4 Å². The Hall–Kier alpha value is -2.24. The van der Waals surface area contributed by atoms with Crippen molar-refractivity contribution in [1.29, 1.82) is 0 Å². The predicted octanol–water partition coefficient (Wildman–Crippen LogP) is 6.45. The first-order valence-corrected chi connectivity index (χ1v) is 15.7. The zero-order chi connectivity index (χ0) is 27.5. The van der Waals surface area contributed by atoms with E-state index in [1.807, 2.05) is 57.2 Å². The molecular formula is C32H46O4Si. The number of ether oxygens (including phenoxy) is 1. The molecule has 5 heteroatoms. The summed E-state index contributed by atoms with van der Waals surface area (Å²) in [7, 11) is -2.98. The molecule has 0 spiro atoms. The summed E-state index contributed by atoms with van der Waals surface area (Å²) in [5, 5.41) is 1.97. The van der Waals surface area contributed by atoms with Crippen molar-refractivity contribution in [2.45, 2.75) is 104 Å². The summed E-state index contributed by atoms with van der Waals surface area (Å²) in [4.78, 5) is 26.8. The summed E-state index contributed by atoms with van der Waals surface area (Å²) in [6.45, 7) is 16.5. The van der Waals surface area contributed by atoms with Gasteiger partial charge in [-0.1, -0.05) is 95.3 Å². The Labute approximate surface area is 225 Å². The second kappa shape index (κ2) is 11.2. The second-order valence-corrected chi connectivity index (χ2v) is 17.2. The van der Waals surface area contributed by atoms with Crippen LogP contribution in [0.4, 0.5) is 0 Å². The Bertz CT molecular complexity index is 1010. The highest BCUT2D eigenvalue weighted by Gasteiger charge is 2.53. The number of ketones is 1. The van der Waals surface area contributed by atoms with Crippen LogP contribution in [0.1, 0.15) is 87.5 Å². The molecular weight excluding hydrogens is 476 g/mol. The van der Waals surface area contributed by atoms with E-state index in [-0.39, 0.29) is 16.9 Å². The highest BCUT2D eigenvalue weighted by Crippen LogP contribution is 2.43. The van der Waals surface area contributed by atoms with Crippen molar-refractivity contribution in [3.63, 3.8) is 0 Å². The van der Waals surface area contributed by atoms with E-state index in [0.717, 1.165) is 23.2 Å². The molecule has 37 heavy (non-hydrogen) atoms. The van der Waals surface area contributed by atoms with E-state index in [9.17, 15) is 9.59 Å². The molecule has 0 amide bonds. The number of carbonyl (C=O) groups is 2. The quantitative estimate of drug-likeness (QED) is 0.295. The minimum atomic E-state index is -2.98. The fraction of sp³-hybridized carbons (Fsp3) is 0.562. The van der Waals surface area contributed by atoms with Gasteiger partial charge in [-0.25, -0.2) is 4.79 Å². The van der Waals surface area contributed by atoms with Crippen LogP contribution >= 0.6 is 0 Å². The van der Waals surface area contributed by atoms with Crippen molar-refractivity contribution in [1.82, 2.24) is 0 Å². The van der Waals surface area contributed by atoms with E-state index in [2.05, 4.69) is 58.9 Å². The van der Waals surface area contributed by atoms with E-state index < -0.39 is 25.4 Å². The fourth-order valence-electron chi connectivity index (χ4n) is 5.76. The zero-order valence-electron chi connectivity index (χ0n) is 24.1. The minimum Gasteiger partial charge on any atom is -0.458 e. The molecule has 2 aromatic carbocycles. The monoisotopic (exact) mass is 522 g/mol. The molecule has 0 aliphatic heterocycles. The van der Waals surface area contributed by atoms with Gasteiger partial charge >= 0.3 is 5.97 Å². The summed E-state index contributed by atoms with van der Waals surface area (Å²) in [6, 6.07) is 20.7. The number of hydrogen-bond acceptors (Lipinski definition) is 4. The summed E-state index contributed by atoms with van der Waals surface area (Å²) >= 11 is 0. The van der Waals surface area contributed by atoms with E-state index in [0.29, 0.717) is 25.0 Å². The van der Waals surface area contributed by atoms with Gasteiger partial charge in [-0.15, -0.1) is 0 Å². The van der Waals surface area contributed by atoms with Gasteiger partial charge in [0.2, 0.25) is 0 Å². The van der Waals surface area contributed by atoms with Crippen molar-refractivity contribution in [3.05, 3.63) is 60.7 Å². The third-order valence-corrected chi connectivity index (χ3v) is 13.1. The topological polar surface area (TPSA) is 52.6 Å². The van der Waals surface area contributed by atoms with Gasteiger partial charge in [-0.2, -0.15) is 0 Å². The Kier molecular flexibility index (Phi) is 8.91. The molecule has 0 bridgehead atoms. The van der Waals surface area contributed by atoms with Gasteiger partial charge in [0.05, 0.1) is 0 Å². The normalized spacial score (nSPS) is 21.9. The van der Waals surface area contributed by atoms with Gasteiger partial charge in [0, 0.05) is 11.8 Å². The first kappa shape index (κ1) is 29.3. The maximum atomic E-state index is 13.8. The van der Waals surface area contributed by atoms with Crippen LogP contribution < -0.4 is 10.4 Å². The fourth-order valence-corrected chi connectivity index (χ4v) is 10.4. The number of Topliss-reactive ketones (excluding diaryl/α,β-unsaturated/α-hetero) is 1. The van der Waals surface area contributed by atoms with Gasteiger partial charge in [-0.3, -0.25) is 4.79 Å². The number of carbonyl (C=O) groups excluding carboxylic acids is 2. The van der Waals surface area contributed by atoms with E-state index in [1.165, 1.54) is 0 Å². The van der Waals surface area contributed by atoms with Crippen LogP contribution in [0.25, 0.3) is 0 Å². The lowest BCUT2D eigenvalue weighted by Crippen LogP contribution is -2.68. The number of benzene rings is 2. The molecule has 1 fully saturated rings. The first-order chi connectivity index (χ1) is 17.2. The highest BCUT2D eigenvalue weighted by atomic mass is 28.4. The van der Waals surface area contributed by atoms with Crippen LogP contribution in [0.15, 0.2) is 60.7 Å². The first-order valence-electron chi connectivity index (χ1n) is 13.8. The van der Waals surface area contributed by atoms with Crippen LogP contribution in [0.2, 0.25) is 5.04 Å². The molecule has 3 atom stereocenters. The van der Waals surface area contributed by atoms with E-state index >= 15 is 0 Å². The lowest BCUT2D eigenvalue weighted by atomic mass is 9.65. The van der Waals surface area contributed by atoms with Crippen molar-refractivity contribution in [3.8, 4) is 0 Å². The average molecular weight is 523 g/mol. The molecule has 202 valence electrons. The highest BCUT2D eigenvalue weighted by molar-refractivity contribution is 6.99. The Morgan fingerprint density at radius 2 is 1.49 bits per heavy atom. The molecule has 0 unspecified atom stereocenters. The van der Waals surface area contributed by atoms with Gasteiger partial charge in [0.25, 0.3) is 8.32 Å². The van der Waals surface area contributed by atoms with Gasteiger partial charge < -0.3 is 9.16 Å². The average Bonchev–Trinajstić information content (AvgIpc) is 2.82. The summed E-state index contributed by atoms with van der Waals surface area (Å²) in [5.41, 5.74) is -1.09. The Morgan fingerprint density at radius 3 is 1.92 bits per heavy atom. The van der Waals surface area contributed by atoms with Crippen LogP contribution in [0.3, 0.4) is 0 Å². The molecule has 0 aromatic heterocycles. The Balaban J connectivity index is 2.10. The maximum Gasteiger partial charge on any atom is 0.334 e. The van der Waals surface area contributed by atoms with Gasteiger partial charge in [-0.05, 0) is 67.8 Å². The van der Waals surface area contributed by atoms with E-state index in [1.54, 1.807) is 0 Å². The van der Waals surface area contributed by atoms with Crippen LogP contribution in [-0.2, 0) is 18.8 Å². The summed E-state index contributed by atoms with van der Waals surface area (Å²) in [6.07, 6.45) is 2.89. The van der Waals surface area contributed by atoms with Crippen LogP contribution in [0.5, 0.6) is 0 Å². The van der Waals surface area contributed by atoms with Crippen molar-refractivity contribution in [2.75, 3.05) is 0 Å². The standard InChI is InChI=1S/C32H46O4Si/c1-24-16-15-21-28(33)32(24,8)23-22-27(29(34)35-30(2,3)4)36-37(31(5,6)7,25-17-11-9-12-18-25)26-19-13-10-14-20-26/h9-14,17-20,24,27H,15-16,21-23H2,1-8H3/t24-,27-,32+/m0/s1. The zero-order valence-corrected chi connectivity index (χ0v) is 25.1. The lowest BCUT2D eigenvalue weighted by molar-refractivity contribution is -0.165. The maximum absolute atomic E-state index is 13.8. The predicted molar refractivity (Wildman–Crippen MR) is 154 cm³/mol. The number of esters is 1. The molecule has 4 nitrogen and oxygen atoms in total. The summed E-state index contributed by atoms with van der Waals surface area (Å²) in [5.74, 6) is 0.237. The molecule has 2 aromatic rings. The van der Waals surface area contributed by atoms with E-state index in [4.69, 9.17) is 9.16 Å². The molecule has 0 saturated heterocycles. The molecule has 0 N–H and O–H groups in total. The molecule has 3 rings (SSSR count). The van der Waals surface area contributed by atoms with Crippen LogP contribution in [-0.4, -0.2) is 31.8 Å². The third kappa shape index (κ3) is 6.43. The smallest absolute Gasteiger partial charge is 0.334 e. The third-order valence-electron chi connectivity index (χ3n) is 8.10. The number of hydrogen-bond donors (Lipinski definition) is 0. The SMILES string of the molecule is C[C@H]1CCCC(=O)[C@]1(C)CC[C@H](O[Si](c1ccccc1)(c1ccccc1)C(C)(C)C)C(=O)OC(C)(C)C. The molecule has 0 heterocycles. The largest absolute Gasteiger partial charge is 0.458 e. The van der Waals surface area contributed by atoms with Crippen LogP contribution in [0, 0.1) is 11.3 Å². The molecule has 1 saturated carbocycles. The molecule has 0 radical (unpaired) electrons. The Morgan fingerprint density at radius 1 is 0.973 bits per heavy atom.